The summed E-state index contributed by atoms with van der Waals surface area (Å²) >= 11 is 1.36. The van der Waals surface area contributed by atoms with Crippen molar-refractivity contribution in [2.24, 2.45) is 0 Å². The van der Waals surface area contributed by atoms with Crippen LogP contribution in [0.15, 0.2) is 30.9 Å². The SMILES string of the molecule is CCOC(=O)c1sc2ncnc(N3CC[C@@H](OCc4ccncc4)C3)c2c1C. The van der Waals surface area contributed by atoms with Gasteiger partial charge in [-0.15, -0.1) is 11.3 Å². The molecule has 0 aromatic carbocycles. The second-order valence-electron chi connectivity index (χ2n) is 6.68. The quantitative estimate of drug-likeness (QED) is 0.589. The number of anilines is 1. The summed E-state index contributed by atoms with van der Waals surface area (Å²) in [4.78, 5) is 28.8. The maximum absolute atomic E-state index is 12.2. The monoisotopic (exact) mass is 398 g/mol. The highest BCUT2D eigenvalue weighted by molar-refractivity contribution is 7.20. The molecule has 0 aliphatic carbocycles. The molecule has 4 rings (SSSR count). The highest BCUT2D eigenvalue weighted by Crippen LogP contribution is 2.36. The van der Waals surface area contributed by atoms with Crippen LogP contribution in [-0.4, -0.2) is 46.7 Å². The van der Waals surface area contributed by atoms with E-state index < -0.39 is 0 Å². The van der Waals surface area contributed by atoms with Gasteiger partial charge in [0.2, 0.25) is 0 Å². The minimum Gasteiger partial charge on any atom is -0.462 e. The van der Waals surface area contributed by atoms with E-state index in [0.29, 0.717) is 18.1 Å². The van der Waals surface area contributed by atoms with Gasteiger partial charge in [0, 0.05) is 25.5 Å². The predicted octanol–water partition coefficient (Wildman–Crippen LogP) is 3.37. The number of esters is 1. The number of carbonyl (C=O) groups is 1. The van der Waals surface area contributed by atoms with Crippen LogP contribution in [0.5, 0.6) is 0 Å². The van der Waals surface area contributed by atoms with Crippen molar-refractivity contribution in [2.45, 2.75) is 33.0 Å². The highest BCUT2D eigenvalue weighted by atomic mass is 32.1. The molecule has 0 saturated carbocycles. The van der Waals surface area contributed by atoms with Gasteiger partial charge in [-0.2, -0.15) is 0 Å². The number of hydrogen-bond acceptors (Lipinski definition) is 8. The van der Waals surface area contributed by atoms with Gasteiger partial charge in [-0.3, -0.25) is 4.98 Å². The Bertz CT molecular complexity index is 976. The standard InChI is InChI=1S/C20H22N4O3S/c1-3-26-20(25)17-13(2)16-18(22-12-23-19(16)28-17)24-9-6-15(10-24)27-11-14-4-7-21-8-5-14/h4-5,7-8,12,15H,3,6,9-11H2,1-2H3/t15-/m1/s1. The first-order valence-corrected chi connectivity index (χ1v) is 10.2. The van der Waals surface area contributed by atoms with Crippen LogP contribution in [0.4, 0.5) is 5.82 Å². The molecule has 0 amide bonds. The van der Waals surface area contributed by atoms with Gasteiger partial charge in [-0.25, -0.2) is 14.8 Å². The first-order valence-electron chi connectivity index (χ1n) is 9.34. The van der Waals surface area contributed by atoms with Crippen LogP contribution >= 0.6 is 11.3 Å². The Morgan fingerprint density at radius 3 is 2.93 bits per heavy atom. The number of fused-ring (bicyclic) bond motifs is 1. The maximum atomic E-state index is 12.2. The Morgan fingerprint density at radius 1 is 1.32 bits per heavy atom. The molecule has 4 heterocycles. The minimum atomic E-state index is -0.297. The Labute approximate surface area is 167 Å². The zero-order chi connectivity index (χ0) is 19.5. The number of hydrogen-bond donors (Lipinski definition) is 0. The van der Waals surface area contributed by atoms with E-state index in [0.717, 1.165) is 46.7 Å². The van der Waals surface area contributed by atoms with Crippen molar-refractivity contribution in [2.75, 3.05) is 24.6 Å². The predicted molar refractivity (Wildman–Crippen MR) is 108 cm³/mol. The van der Waals surface area contributed by atoms with Gasteiger partial charge in [0.25, 0.3) is 0 Å². The highest BCUT2D eigenvalue weighted by Gasteiger charge is 2.28. The number of carbonyl (C=O) groups excluding carboxylic acids is 1. The maximum Gasteiger partial charge on any atom is 0.348 e. The van der Waals surface area contributed by atoms with Gasteiger partial charge >= 0.3 is 5.97 Å². The molecule has 8 heteroatoms. The number of pyridine rings is 1. The topological polar surface area (TPSA) is 77.4 Å². The molecular formula is C20H22N4O3S. The molecule has 0 spiro atoms. The van der Waals surface area contributed by atoms with E-state index >= 15 is 0 Å². The molecule has 3 aromatic rings. The number of aryl methyl sites for hydroxylation is 1. The third-order valence-corrected chi connectivity index (χ3v) is 6.03. The van der Waals surface area contributed by atoms with Gasteiger partial charge in [0.05, 0.1) is 24.7 Å². The van der Waals surface area contributed by atoms with Crippen LogP contribution in [0.2, 0.25) is 0 Å². The molecule has 1 saturated heterocycles. The van der Waals surface area contributed by atoms with Crippen molar-refractivity contribution in [1.82, 2.24) is 15.0 Å². The number of rotatable bonds is 6. The molecular weight excluding hydrogens is 376 g/mol. The van der Waals surface area contributed by atoms with Gasteiger partial charge < -0.3 is 14.4 Å². The summed E-state index contributed by atoms with van der Waals surface area (Å²) in [6.07, 6.45) is 6.19. The number of nitrogens with zero attached hydrogens (tertiary/aromatic N) is 4. The summed E-state index contributed by atoms with van der Waals surface area (Å²) in [6, 6.07) is 3.93. The Kier molecular flexibility index (Phi) is 5.50. The lowest BCUT2D eigenvalue weighted by Crippen LogP contribution is -2.24. The normalized spacial score (nSPS) is 16.6. The fourth-order valence-corrected chi connectivity index (χ4v) is 4.47. The molecule has 1 atom stereocenters. The molecule has 0 unspecified atom stereocenters. The lowest BCUT2D eigenvalue weighted by molar-refractivity contribution is 0.0531. The van der Waals surface area contributed by atoms with E-state index in [4.69, 9.17) is 9.47 Å². The summed E-state index contributed by atoms with van der Waals surface area (Å²) < 4.78 is 11.3. The van der Waals surface area contributed by atoms with Gasteiger partial charge in [-0.05, 0) is 43.5 Å². The largest absolute Gasteiger partial charge is 0.462 e. The zero-order valence-electron chi connectivity index (χ0n) is 15.9. The lowest BCUT2D eigenvalue weighted by Gasteiger charge is -2.18. The summed E-state index contributed by atoms with van der Waals surface area (Å²) in [7, 11) is 0. The molecule has 1 aliphatic heterocycles. The van der Waals surface area contributed by atoms with Crippen LogP contribution < -0.4 is 4.90 Å². The van der Waals surface area contributed by atoms with Crippen molar-refractivity contribution in [1.29, 1.82) is 0 Å². The summed E-state index contributed by atoms with van der Waals surface area (Å²) in [5.74, 6) is 0.568. The second-order valence-corrected chi connectivity index (χ2v) is 7.68. The van der Waals surface area contributed by atoms with E-state index in [1.165, 1.54) is 11.3 Å². The van der Waals surface area contributed by atoms with E-state index in [-0.39, 0.29) is 12.1 Å². The molecule has 0 radical (unpaired) electrons. The Morgan fingerprint density at radius 2 is 2.14 bits per heavy atom. The molecule has 1 aliphatic rings. The number of thiophene rings is 1. The zero-order valence-corrected chi connectivity index (χ0v) is 16.7. The van der Waals surface area contributed by atoms with E-state index in [1.54, 1.807) is 18.7 Å². The van der Waals surface area contributed by atoms with Crippen molar-refractivity contribution in [3.05, 3.63) is 46.9 Å². The number of ether oxygens (including phenoxy) is 2. The molecule has 0 N–H and O–H groups in total. The summed E-state index contributed by atoms with van der Waals surface area (Å²) in [6.45, 7) is 6.30. The van der Waals surface area contributed by atoms with E-state index in [1.807, 2.05) is 26.0 Å². The van der Waals surface area contributed by atoms with Crippen LogP contribution in [0.3, 0.4) is 0 Å². The van der Waals surface area contributed by atoms with Crippen molar-refractivity contribution < 1.29 is 14.3 Å². The van der Waals surface area contributed by atoms with Crippen molar-refractivity contribution in [3.63, 3.8) is 0 Å². The summed E-state index contributed by atoms with van der Waals surface area (Å²) in [5, 5.41) is 0.935. The minimum absolute atomic E-state index is 0.140. The van der Waals surface area contributed by atoms with Crippen LogP contribution in [-0.2, 0) is 16.1 Å². The second kappa shape index (κ2) is 8.20. The first kappa shape index (κ1) is 18.8. The Balaban J connectivity index is 1.52. The van der Waals surface area contributed by atoms with Crippen molar-refractivity contribution in [3.8, 4) is 0 Å². The first-order chi connectivity index (χ1) is 13.7. The third-order valence-electron chi connectivity index (χ3n) is 4.85. The Hall–Kier alpha value is -2.58. The average Bonchev–Trinajstić information content (AvgIpc) is 3.32. The molecule has 146 valence electrons. The van der Waals surface area contributed by atoms with Gasteiger partial charge in [-0.1, -0.05) is 0 Å². The molecule has 0 bridgehead atoms. The molecule has 7 nitrogen and oxygen atoms in total. The van der Waals surface area contributed by atoms with E-state index in [9.17, 15) is 4.79 Å². The van der Waals surface area contributed by atoms with Gasteiger partial charge in [0.15, 0.2) is 0 Å². The molecule has 3 aromatic heterocycles. The smallest absolute Gasteiger partial charge is 0.348 e. The van der Waals surface area contributed by atoms with Gasteiger partial charge in [0.1, 0.15) is 21.9 Å². The fraction of sp³-hybridized carbons (Fsp3) is 0.400. The average molecular weight is 398 g/mol. The van der Waals surface area contributed by atoms with Crippen LogP contribution in [0, 0.1) is 6.92 Å². The van der Waals surface area contributed by atoms with E-state index in [2.05, 4.69) is 19.9 Å². The summed E-state index contributed by atoms with van der Waals surface area (Å²) in [5.41, 5.74) is 2.00. The van der Waals surface area contributed by atoms with Crippen LogP contribution in [0.1, 0.15) is 34.1 Å². The molecule has 28 heavy (non-hydrogen) atoms. The number of aromatic nitrogens is 3. The molecule has 1 fully saturated rings. The lowest BCUT2D eigenvalue weighted by atomic mass is 10.2. The van der Waals surface area contributed by atoms with Crippen LogP contribution in [0.25, 0.3) is 10.2 Å². The van der Waals surface area contributed by atoms with Crippen molar-refractivity contribution >= 4 is 33.3 Å². The fourth-order valence-electron chi connectivity index (χ4n) is 3.43. The third kappa shape index (κ3) is 3.70.